The number of hydrogen-bond donors (Lipinski definition) is 0. The molecule has 0 spiro atoms. The molecule has 0 bridgehead atoms. The molecule has 2 aromatic heterocycles. The highest BCUT2D eigenvalue weighted by atomic mass is 16.3. The van der Waals surface area contributed by atoms with Crippen molar-refractivity contribution in [1.29, 1.82) is 0 Å². The van der Waals surface area contributed by atoms with E-state index in [9.17, 15) is 0 Å². The normalized spacial score (nSPS) is 11.7. The highest BCUT2D eigenvalue weighted by molar-refractivity contribution is 6.16. The Morgan fingerprint density at radius 3 is 1.68 bits per heavy atom. The molecule has 0 saturated carbocycles. The lowest BCUT2D eigenvalue weighted by atomic mass is 9.96. The predicted molar refractivity (Wildman–Crippen MR) is 247 cm³/mol. The van der Waals surface area contributed by atoms with Gasteiger partial charge < -0.3 is 13.7 Å². The molecule has 0 fully saturated rings. The SMILES string of the molecule is c1ccc(N(c2ccc(-c3cccc4ccccc34)cc2)c2ccccc2-c2cccc3c2oc2ccccc23)c(-c2ccc3oc4c5ccccc5ccc4c3c2)c1. The topological polar surface area (TPSA) is 29.5 Å². The second kappa shape index (κ2) is 13.4. The van der Waals surface area contributed by atoms with Crippen LogP contribution in [0, 0.1) is 0 Å². The third kappa shape index (κ3) is 5.36. The highest BCUT2D eigenvalue weighted by Gasteiger charge is 2.23. The van der Waals surface area contributed by atoms with Crippen molar-refractivity contribution in [2.75, 3.05) is 4.90 Å². The van der Waals surface area contributed by atoms with Gasteiger partial charge in [-0.05, 0) is 81.4 Å². The van der Waals surface area contributed by atoms with Crippen molar-refractivity contribution in [3.05, 3.63) is 212 Å². The first-order valence-corrected chi connectivity index (χ1v) is 20.1. The molecule has 59 heavy (non-hydrogen) atoms. The van der Waals surface area contributed by atoms with Crippen molar-refractivity contribution in [2.24, 2.45) is 0 Å². The summed E-state index contributed by atoms with van der Waals surface area (Å²) in [6.45, 7) is 0. The summed E-state index contributed by atoms with van der Waals surface area (Å²) < 4.78 is 13.2. The van der Waals surface area contributed by atoms with Crippen molar-refractivity contribution in [1.82, 2.24) is 0 Å². The quantitative estimate of drug-likeness (QED) is 0.169. The first-order chi connectivity index (χ1) is 29.3. The molecule has 0 N–H and O–H groups in total. The molecule has 0 radical (unpaired) electrons. The smallest absolute Gasteiger partial charge is 0.143 e. The molecule has 0 aliphatic heterocycles. The number of fused-ring (bicyclic) bond motifs is 9. The van der Waals surface area contributed by atoms with Gasteiger partial charge in [0.15, 0.2) is 0 Å². The molecule has 0 amide bonds. The fraction of sp³-hybridized carbons (Fsp3) is 0. The summed E-state index contributed by atoms with van der Waals surface area (Å²) in [5, 5.41) is 9.19. The van der Waals surface area contributed by atoms with Gasteiger partial charge in [-0.3, -0.25) is 0 Å². The van der Waals surface area contributed by atoms with E-state index in [1.54, 1.807) is 0 Å². The van der Waals surface area contributed by atoms with E-state index in [0.717, 1.165) is 88.6 Å². The Bertz CT molecular complexity index is 3570. The Morgan fingerprint density at radius 2 is 0.831 bits per heavy atom. The van der Waals surface area contributed by atoms with E-state index >= 15 is 0 Å². The molecule has 10 aromatic carbocycles. The highest BCUT2D eigenvalue weighted by Crippen LogP contribution is 2.48. The number of benzene rings is 10. The number of furan rings is 2. The monoisotopic (exact) mass is 753 g/mol. The van der Waals surface area contributed by atoms with Crippen LogP contribution in [-0.4, -0.2) is 0 Å². The Labute approximate surface area is 340 Å². The fourth-order valence-corrected chi connectivity index (χ4v) is 9.12. The average molecular weight is 754 g/mol. The molecule has 0 aliphatic carbocycles. The third-order valence-corrected chi connectivity index (χ3v) is 11.9. The Kier molecular flexibility index (Phi) is 7.54. The van der Waals surface area contributed by atoms with Gasteiger partial charge in [-0.1, -0.05) is 164 Å². The largest absolute Gasteiger partial charge is 0.455 e. The van der Waals surface area contributed by atoms with Crippen LogP contribution in [0.3, 0.4) is 0 Å². The number of anilines is 3. The first-order valence-electron chi connectivity index (χ1n) is 20.1. The molecular formula is C56H35NO2. The summed E-state index contributed by atoms with van der Waals surface area (Å²) in [7, 11) is 0. The fourth-order valence-electron chi connectivity index (χ4n) is 9.12. The van der Waals surface area contributed by atoms with Crippen LogP contribution >= 0.6 is 0 Å². The molecule has 0 saturated heterocycles. The van der Waals surface area contributed by atoms with Crippen molar-refractivity contribution in [3.63, 3.8) is 0 Å². The van der Waals surface area contributed by atoms with Crippen molar-refractivity contribution < 1.29 is 8.83 Å². The summed E-state index contributed by atoms with van der Waals surface area (Å²) in [4.78, 5) is 2.41. The van der Waals surface area contributed by atoms with Crippen LogP contribution in [0.25, 0.3) is 98.8 Å². The van der Waals surface area contributed by atoms with Gasteiger partial charge in [0, 0.05) is 49.3 Å². The minimum atomic E-state index is 0.878. The van der Waals surface area contributed by atoms with Crippen LogP contribution in [-0.2, 0) is 0 Å². The standard InChI is InChI=1S/C56H35NO2/c1-3-16-41-36(13-1)15-11-21-42(41)38-27-31-40(32-28-38)57(52-25-9-6-19-45(52)47-22-12-23-48-46-20-7-10-26-53(46)58-56(47)48)51-24-8-5-17-43(51)39-30-34-54-50(35-39)49-33-29-37-14-2-4-18-44(37)55(49)59-54/h1-35H. The van der Waals surface area contributed by atoms with Crippen LogP contribution in [0.1, 0.15) is 0 Å². The van der Waals surface area contributed by atoms with Gasteiger partial charge in [0.2, 0.25) is 0 Å². The Hall–Kier alpha value is -7.88. The second-order valence-electron chi connectivity index (χ2n) is 15.2. The average Bonchev–Trinajstić information content (AvgIpc) is 3.88. The number of rotatable bonds is 6. The van der Waals surface area contributed by atoms with Gasteiger partial charge in [0.05, 0.1) is 11.4 Å². The van der Waals surface area contributed by atoms with Crippen LogP contribution in [0.2, 0.25) is 0 Å². The molecule has 3 nitrogen and oxygen atoms in total. The lowest BCUT2D eigenvalue weighted by molar-refractivity contribution is 0.670. The summed E-state index contributed by atoms with van der Waals surface area (Å²) in [5.74, 6) is 0. The summed E-state index contributed by atoms with van der Waals surface area (Å²) in [5.41, 5.74) is 13.4. The maximum absolute atomic E-state index is 6.64. The molecule has 2 heterocycles. The maximum atomic E-state index is 6.64. The van der Waals surface area contributed by atoms with Gasteiger partial charge in [-0.25, -0.2) is 0 Å². The van der Waals surface area contributed by atoms with Gasteiger partial charge in [0.25, 0.3) is 0 Å². The summed E-state index contributed by atoms with van der Waals surface area (Å²) in [6.07, 6.45) is 0. The van der Waals surface area contributed by atoms with E-state index in [0.29, 0.717) is 0 Å². The van der Waals surface area contributed by atoms with Gasteiger partial charge in [-0.2, -0.15) is 0 Å². The lowest BCUT2D eigenvalue weighted by Crippen LogP contribution is -2.12. The summed E-state index contributed by atoms with van der Waals surface area (Å²) in [6, 6.07) is 75.8. The van der Waals surface area contributed by atoms with Crippen molar-refractivity contribution >= 4 is 82.5 Å². The van der Waals surface area contributed by atoms with E-state index in [1.165, 1.54) is 27.3 Å². The number of nitrogens with zero attached hydrogens (tertiary/aromatic N) is 1. The molecule has 0 atom stereocenters. The molecule has 3 heteroatoms. The maximum Gasteiger partial charge on any atom is 0.143 e. The Morgan fingerprint density at radius 1 is 0.288 bits per heavy atom. The molecule has 12 rings (SSSR count). The van der Waals surface area contributed by atoms with Gasteiger partial charge in [0.1, 0.15) is 22.3 Å². The molecular weight excluding hydrogens is 719 g/mol. The minimum absolute atomic E-state index is 0.878. The molecule has 0 aliphatic rings. The summed E-state index contributed by atoms with van der Waals surface area (Å²) >= 11 is 0. The van der Waals surface area contributed by atoms with E-state index in [2.05, 4.69) is 205 Å². The zero-order chi connectivity index (χ0) is 38.9. The minimum Gasteiger partial charge on any atom is -0.455 e. The van der Waals surface area contributed by atoms with Crippen molar-refractivity contribution in [3.8, 4) is 33.4 Å². The molecule has 0 unspecified atom stereocenters. The first kappa shape index (κ1) is 33.3. The zero-order valence-corrected chi connectivity index (χ0v) is 32.0. The van der Waals surface area contributed by atoms with Crippen LogP contribution < -0.4 is 4.90 Å². The van der Waals surface area contributed by atoms with Crippen LogP contribution in [0.4, 0.5) is 17.1 Å². The van der Waals surface area contributed by atoms with E-state index < -0.39 is 0 Å². The van der Waals surface area contributed by atoms with E-state index in [-0.39, 0.29) is 0 Å². The lowest BCUT2D eigenvalue weighted by Gasteiger charge is -2.30. The third-order valence-electron chi connectivity index (χ3n) is 11.9. The molecule has 276 valence electrons. The number of hydrogen-bond acceptors (Lipinski definition) is 3. The second-order valence-corrected chi connectivity index (χ2v) is 15.2. The van der Waals surface area contributed by atoms with E-state index in [4.69, 9.17) is 8.83 Å². The molecule has 12 aromatic rings. The predicted octanol–water partition coefficient (Wildman–Crippen LogP) is 16.3. The number of para-hydroxylation sites is 4. The van der Waals surface area contributed by atoms with Gasteiger partial charge >= 0.3 is 0 Å². The van der Waals surface area contributed by atoms with Crippen molar-refractivity contribution in [2.45, 2.75) is 0 Å². The van der Waals surface area contributed by atoms with Gasteiger partial charge in [-0.15, -0.1) is 0 Å². The van der Waals surface area contributed by atoms with E-state index in [1.807, 2.05) is 12.1 Å². The van der Waals surface area contributed by atoms with Crippen LogP contribution in [0.5, 0.6) is 0 Å². The Balaban J connectivity index is 1.07. The van der Waals surface area contributed by atoms with Crippen LogP contribution in [0.15, 0.2) is 221 Å². The zero-order valence-electron chi connectivity index (χ0n) is 32.0.